The summed E-state index contributed by atoms with van der Waals surface area (Å²) in [6, 6.07) is 0. The van der Waals surface area contributed by atoms with E-state index in [9.17, 15) is 10.2 Å². The van der Waals surface area contributed by atoms with Crippen molar-refractivity contribution in [3.8, 4) is 0 Å². The molecule has 5 heteroatoms. The third-order valence-corrected chi connectivity index (χ3v) is 9.44. The summed E-state index contributed by atoms with van der Waals surface area (Å²) in [7, 11) is 3.92. The second-order valence-corrected chi connectivity index (χ2v) is 13.4. The molecule has 0 amide bonds. The van der Waals surface area contributed by atoms with E-state index in [-0.39, 0.29) is 12.2 Å². The van der Waals surface area contributed by atoms with Crippen LogP contribution in [-0.4, -0.2) is 58.5 Å². The lowest BCUT2D eigenvalue weighted by Crippen LogP contribution is -2.38. The van der Waals surface area contributed by atoms with Crippen LogP contribution < -0.4 is 0 Å². The molecule has 0 aliphatic heterocycles. The van der Waals surface area contributed by atoms with Crippen molar-refractivity contribution in [3.05, 3.63) is 0 Å². The minimum atomic E-state index is -0.254. The molecule has 2 unspecified atom stereocenters. The minimum absolute atomic E-state index is 0.254. The molecule has 2 atom stereocenters. The number of aliphatic hydroxyl groups is 2. The summed E-state index contributed by atoms with van der Waals surface area (Å²) in [6.45, 7) is 9.19. The van der Waals surface area contributed by atoms with Gasteiger partial charge in [-0.15, -0.1) is 0 Å². The van der Waals surface area contributed by atoms with Gasteiger partial charge in [0, 0.05) is 24.6 Å². The smallest absolute Gasteiger partial charge is 0.0667 e. The molecule has 2 N–H and O–H groups in total. The van der Waals surface area contributed by atoms with Gasteiger partial charge in [0.1, 0.15) is 0 Å². The minimum Gasteiger partial charge on any atom is -0.392 e. The summed E-state index contributed by atoms with van der Waals surface area (Å²) in [4.78, 5) is 2.35. The van der Waals surface area contributed by atoms with Crippen LogP contribution in [0.5, 0.6) is 0 Å². The zero-order valence-electron chi connectivity index (χ0n) is 24.0. The van der Waals surface area contributed by atoms with Crippen molar-refractivity contribution < 1.29 is 10.2 Å². The number of rotatable bonds is 29. The van der Waals surface area contributed by atoms with E-state index < -0.39 is 0 Å². The first-order chi connectivity index (χ1) is 17.1. The van der Waals surface area contributed by atoms with Gasteiger partial charge in [0.2, 0.25) is 0 Å². The molecule has 3 nitrogen and oxygen atoms in total. The van der Waals surface area contributed by atoms with E-state index in [1.165, 1.54) is 108 Å². The third kappa shape index (κ3) is 27.4. The van der Waals surface area contributed by atoms with Crippen LogP contribution in [0.4, 0.5) is 0 Å². The summed E-state index contributed by atoms with van der Waals surface area (Å²) in [6.07, 6.45) is 24.6. The van der Waals surface area contributed by atoms with E-state index in [0.717, 1.165) is 51.7 Å². The Bertz CT molecular complexity index is 373. The van der Waals surface area contributed by atoms with E-state index in [1.54, 1.807) is 0 Å². The van der Waals surface area contributed by atoms with E-state index in [1.807, 2.05) is 21.6 Å². The third-order valence-electron chi connectivity index (χ3n) is 6.87. The zero-order valence-corrected chi connectivity index (χ0v) is 25.6. The standard InChI is InChI=1S/C30H63NO2S2/c1-4-7-9-11-13-15-17-19-23-29(32)27-31(25-21-22-26-35-34-6-3)28-30(33)24-20-18-16-14-12-10-8-5-2/h29-30,32-33H,4-28H2,1-3H3. The number of hydrogen-bond acceptors (Lipinski definition) is 5. The van der Waals surface area contributed by atoms with Gasteiger partial charge in [-0.2, -0.15) is 0 Å². The maximum Gasteiger partial charge on any atom is 0.0667 e. The van der Waals surface area contributed by atoms with Gasteiger partial charge in [-0.05, 0) is 32.2 Å². The Morgan fingerprint density at radius 2 is 0.943 bits per heavy atom. The predicted molar refractivity (Wildman–Crippen MR) is 163 cm³/mol. The fourth-order valence-corrected chi connectivity index (χ4v) is 6.52. The molecular formula is C30H63NO2S2. The Morgan fingerprint density at radius 3 is 1.37 bits per heavy atom. The molecule has 0 spiro atoms. The first-order valence-electron chi connectivity index (χ1n) is 15.5. The lowest BCUT2D eigenvalue weighted by Gasteiger charge is -2.27. The van der Waals surface area contributed by atoms with Crippen molar-refractivity contribution in [3.63, 3.8) is 0 Å². The van der Waals surface area contributed by atoms with Gasteiger partial charge in [-0.25, -0.2) is 0 Å². The van der Waals surface area contributed by atoms with Gasteiger partial charge in [0.25, 0.3) is 0 Å². The monoisotopic (exact) mass is 533 g/mol. The lowest BCUT2D eigenvalue weighted by molar-refractivity contribution is 0.0599. The van der Waals surface area contributed by atoms with Crippen molar-refractivity contribution in [2.75, 3.05) is 31.1 Å². The number of aliphatic hydroxyl groups excluding tert-OH is 2. The molecule has 0 aromatic carbocycles. The van der Waals surface area contributed by atoms with Crippen molar-refractivity contribution >= 4 is 21.6 Å². The zero-order chi connectivity index (χ0) is 25.8. The van der Waals surface area contributed by atoms with Gasteiger partial charge in [-0.3, -0.25) is 4.90 Å². The highest BCUT2D eigenvalue weighted by molar-refractivity contribution is 8.76. The molecule has 0 aliphatic rings. The number of unbranched alkanes of at least 4 members (excludes halogenated alkanes) is 15. The van der Waals surface area contributed by atoms with E-state index in [0.29, 0.717) is 0 Å². The van der Waals surface area contributed by atoms with Crippen LogP contribution >= 0.6 is 21.6 Å². The predicted octanol–water partition coefficient (Wildman–Crippen LogP) is 9.25. The molecule has 0 heterocycles. The number of hydrogen-bond donors (Lipinski definition) is 2. The average Bonchev–Trinajstić information content (AvgIpc) is 2.84. The second kappa shape index (κ2) is 29.1. The van der Waals surface area contributed by atoms with Crippen LogP contribution in [-0.2, 0) is 0 Å². The Kier molecular flexibility index (Phi) is 29.6. The first kappa shape index (κ1) is 35.6. The summed E-state index contributed by atoms with van der Waals surface area (Å²) in [5.74, 6) is 2.38. The summed E-state index contributed by atoms with van der Waals surface area (Å²) in [5.41, 5.74) is 0. The molecule has 0 aliphatic carbocycles. The van der Waals surface area contributed by atoms with Crippen LogP contribution in [0.15, 0.2) is 0 Å². The Balaban J connectivity index is 4.14. The summed E-state index contributed by atoms with van der Waals surface area (Å²) >= 11 is 0. The molecule has 0 aromatic rings. The van der Waals surface area contributed by atoms with Gasteiger partial charge >= 0.3 is 0 Å². The topological polar surface area (TPSA) is 43.7 Å². The van der Waals surface area contributed by atoms with Crippen LogP contribution in [0.25, 0.3) is 0 Å². The highest BCUT2D eigenvalue weighted by atomic mass is 33.1. The van der Waals surface area contributed by atoms with Gasteiger partial charge in [0.05, 0.1) is 12.2 Å². The van der Waals surface area contributed by atoms with Crippen molar-refractivity contribution in [2.24, 2.45) is 0 Å². The molecule has 0 aromatic heterocycles. The molecule has 212 valence electrons. The molecule has 0 rings (SSSR count). The van der Waals surface area contributed by atoms with Gasteiger partial charge in [-0.1, -0.05) is 145 Å². The first-order valence-corrected chi connectivity index (χ1v) is 18.0. The van der Waals surface area contributed by atoms with Crippen molar-refractivity contribution in [2.45, 2.75) is 161 Å². The van der Waals surface area contributed by atoms with Crippen LogP contribution in [0.3, 0.4) is 0 Å². The lowest BCUT2D eigenvalue weighted by atomic mass is 10.0. The second-order valence-electron chi connectivity index (χ2n) is 10.5. The van der Waals surface area contributed by atoms with E-state index >= 15 is 0 Å². The fraction of sp³-hybridized carbons (Fsp3) is 1.00. The van der Waals surface area contributed by atoms with E-state index in [4.69, 9.17) is 0 Å². The average molecular weight is 534 g/mol. The highest BCUT2D eigenvalue weighted by Crippen LogP contribution is 2.21. The molecule has 35 heavy (non-hydrogen) atoms. The molecular weight excluding hydrogens is 470 g/mol. The SMILES string of the molecule is CCCCCCCCCCC(O)CN(CCCCSSCC)CC(O)CCCCCCCCCC. The van der Waals surface area contributed by atoms with Crippen LogP contribution in [0, 0.1) is 0 Å². The van der Waals surface area contributed by atoms with Gasteiger partial charge < -0.3 is 10.2 Å². The summed E-state index contributed by atoms with van der Waals surface area (Å²) in [5, 5.41) is 21.4. The van der Waals surface area contributed by atoms with Crippen molar-refractivity contribution in [1.29, 1.82) is 0 Å². The Labute approximate surface area is 228 Å². The van der Waals surface area contributed by atoms with E-state index in [2.05, 4.69) is 25.7 Å². The Morgan fingerprint density at radius 1 is 0.514 bits per heavy atom. The fourth-order valence-electron chi connectivity index (χ4n) is 4.70. The molecule has 0 saturated heterocycles. The highest BCUT2D eigenvalue weighted by Gasteiger charge is 2.15. The normalized spacial score (nSPS) is 13.5. The molecule has 0 radical (unpaired) electrons. The summed E-state index contributed by atoms with van der Waals surface area (Å²) < 4.78 is 0. The van der Waals surface area contributed by atoms with Crippen molar-refractivity contribution in [1.82, 2.24) is 4.90 Å². The molecule has 0 saturated carbocycles. The largest absolute Gasteiger partial charge is 0.392 e. The maximum absolute atomic E-state index is 10.7. The maximum atomic E-state index is 10.7. The quantitative estimate of drug-likeness (QED) is 0.0741. The van der Waals surface area contributed by atoms with Crippen LogP contribution in [0.2, 0.25) is 0 Å². The van der Waals surface area contributed by atoms with Gasteiger partial charge in [0.15, 0.2) is 0 Å². The Hall–Kier alpha value is 0.580. The number of nitrogens with zero attached hydrogens (tertiary/aromatic N) is 1. The molecule has 0 fully saturated rings. The van der Waals surface area contributed by atoms with Crippen LogP contribution in [0.1, 0.15) is 149 Å². The molecule has 0 bridgehead atoms.